The van der Waals surface area contributed by atoms with Gasteiger partial charge < -0.3 is 14.7 Å². The SMILES string of the molecule is CC(C)Cc1noc(CN(C)C(=O)CC2C(=O)NCCN2C2CCCC2)n1. The molecule has 1 saturated heterocycles. The van der Waals surface area contributed by atoms with Crippen LogP contribution in [0.2, 0.25) is 0 Å². The number of hydrogen-bond acceptors (Lipinski definition) is 6. The molecule has 1 aromatic heterocycles. The third-order valence-electron chi connectivity index (χ3n) is 5.43. The number of nitrogens with zero attached hydrogens (tertiary/aromatic N) is 4. The van der Waals surface area contributed by atoms with E-state index in [0.717, 1.165) is 25.8 Å². The van der Waals surface area contributed by atoms with Gasteiger partial charge in [0.15, 0.2) is 5.82 Å². The quantitative estimate of drug-likeness (QED) is 0.771. The van der Waals surface area contributed by atoms with Crippen LogP contribution in [-0.4, -0.2) is 64.0 Å². The monoisotopic (exact) mass is 377 g/mol. The van der Waals surface area contributed by atoms with Gasteiger partial charge in [0.25, 0.3) is 0 Å². The molecule has 1 aromatic rings. The molecule has 150 valence electrons. The van der Waals surface area contributed by atoms with Gasteiger partial charge in [0, 0.05) is 32.6 Å². The molecule has 2 fully saturated rings. The lowest BCUT2D eigenvalue weighted by Crippen LogP contribution is -2.59. The summed E-state index contributed by atoms with van der Waals surface area (Å²) < 4.78 is 5.26. The van der Waals surface area contributed by atoms with Crippen LogP contribution >= 0.6 is 0 Å². The molecule has 1 aliphatic heterocycles. The highest BCUT2D eigenvalue weighted by atomic mass is 16.5. The second-order valence-electron chi connectivity index (χ2n) is 8.14. The summed E-state index contributed by atoms with van der Waals surface area (Å²) in [4.78, 5) is 33.3. The molecular formula is C19H31N5O3. The Labute approximate surface area is 160 Å². The molecule has 2 heterocycles. The van der Waals surface area contributed by atoms with Crippen LogP contribution < -0.4 is 5.32 Å². The minimum atomic E-state index is -0.379. The summed E-state index contributed by atoms with van der Waals surface area (Å²) in [6, 6.07) is 0.0460. The van der Waals surface area contributed by atoms with E-state index >= 15 is 0 Å². The van der Waals surface area contributed by atoms with E-state index in [4.69, 9.17) is 4.52 Å². The van der Waals surface area contributed by atoms with Crippen molar-refractivity contribution >= 4 is 11.8 Å². The third kappa shape index (κ3) is 5.06. The maximum atomic E-state index is 12.7. The summed E-state index contributed by atoms with van der Waals surface area (Å²) >= 11 is 0. The van der Waals surface area contributed by atoms with Crippen molar-refractivity contribution in [2.24, 2.45) is 5.92 Å². The number of nitrogens with one attached hydrogen (secondary N) is 1. The average Bonchev–Trinajstić information content (AvgIpc) is 3.28. The van der Waals surface area contributed by atoms with Crippen molar-refractivity contribution in [2.75, 3.05) is 20.1 Å². The van der Waals surface area contributed by atoms with Crippen molar-refractivity contribution in [3.63, 3.8) is 0 Å². The Morgan fingerprint density at radius 1 is 1.37 bits per heavy atom. The molecule has 1 aliphatic carbocycles. The van der Waals surface area contributed by atoms with E-state index in [0.29, 0.717) is 30.2 Å². The number of amides is 2. The Kier molecular flexibility index (Phi) is 6.46. The molecule has 1 saturated carbocycles. The number of carbonyl (C=O) groups excluding carboxylic acids is 2. The molecule has 1 N–H and O–H groups in total. The number of aromatic nitrogens is 2. The van der Waals surface area contributed by atoms with Crippen molar-refractivity contribution in [3.05, 3.63) is 11.7 Å². The highest BCUT2D eigenvalue weighted by molar-refractivity contribution is 5.88. The van der Waals surface area contributed by atoms with Gasteiger partial charge in [-0.1, -0.05) is 31.8 Å². The molecule has 27 heavy (non-hydrogen) atoms. The van der Waals surface area contributed by atoms with Gasteiger partial charge in [0.05, 0.1) is 19.0 Å². The highest BCUT2D eigenvalue weighted by Crippen LogP contribution is 2.27. The molecule has 1 atom stereocenters. The van der Waals surface area contributed by atoms with Gasteiger partial charge >= 0.3 is 0 Å². The van der Waals surface area contributed by atoms with Crippen LogP contribution in [0.1, 0.15) is 57.7 Å². The molecule has 0 bridgehead atoms. The summed E-state index contributed by atoms with van der Waals surface area (Å²) in [6.07, 6.45) is 5.59. The Morgan fingerprint density at radius 2 is 2.11 bits per heavy atom. The van der Waals surface area contributed by atoms with Crippen LogP contribution in [0, 0.1) is 5.92 Å². The topological polar surface area (TPSA) is 91.6 Å². The average molecular weight is 377 g/mol. The largest absolute Gasteiger partial charge is 0.353 e. The van der Waals surface area contributed by atoms with Crippen molar-refractivity contribution in [2.45, 2.75) is 71.0 Å². The van der Waals surface area contributed by atoms with E-state index in [1.165, 1.54) is 12.8 Å². The first kappa shape index (κ1) is 19.8. The number of rotatable bonds is 7. The van der Waals surface area contributed by atoms with Crippen LogP contribution in [-0.2, 0) is 22.6 Å². The minimum Gasteiger partial charge on any atom is -0.353 e. The summed E-state index contributed by atoms with van der Waals surface area (Å²) in [5.41, 5.74) is 0. The molecule has 2 aliphatic rings. The Hall–Kier alpha value is -1.96. The summed E-state index contributed by atoms with van der Waals surface area (Å²) in [7, 11) is 1.72. The maximum absolute atomic E-state index is 12.7. The van der Waals surface area contributed by atoms with Gasteiger partial charge in [0.2, 0.25) is 17.7 Å². The van der Waals surface area contributed by atoms with Crippen molar-refractivity contribution in [3.8, 4) is 0 Å². The normalized spacial score (nSPS) is 21.6. The van der Waals surface area contributed by atoms with E-state index in [9.17, 15) is 9.59 Å². The van der Waals surface area contributed by atoms with Crippen molar-refractivity contribution < 1.29 is 14.1 Å². The minimum absolute atomic E-state index is 0.0353. The molecule has 0 radical (unpaired) electrons. The molecule has 0 spiro atoms. The van der Waals surface area contributed by atoms with Gasteiger partial charge in [-0.3, -0.25) is 14.5 Å². The number of hydrogen-bond donors (Lipinski definition) is 1. The Bertz CT molecular complexity index is 654. The number of piperazine rings is 1. The van der Waals surface area contributed by atoms with Gasteiger partial charge in [-0.25, -0.2) is 0 Å². The fourth-order valence-corrected chi connectivity index (χ4v) is 4.03. The van der Waals surface area contributed by atoms with E-state index in [1.54, 1.807) is 11.9 Å². The number of carbonyl (C=O) groups is 2. The standard InChI is InChI=1S/C19H31N5O3/c1-13(2)10-16-21-17(27-22-16)12-23(3)18(25)11-15-19(26)20-8-9-24(15)14-6-4-5-7-14/h13-15H,4-12H2,1-3H3,(H,20,26). The van der Waals surface area contributed by atoms with Crippen LogP contribution in [0.25, 0.3) is 0 Å². The molecule has 0 aromatic carbocycles. The van der Waals surface area contributed by atoms with Crippen LogP contribution in [0.5, 0.6) is 0 Å². The predicted octanol–water partition coefficient (Wildman–Crippen LogP) is 1.36. The first-order valence-electron chi connectivity index (χ1n) is 10.0. The van der Waals surface area contributed by atoms with E-state index < -0.39 is 0 Å². The molecule has 2 amide bonds. The lowest BCUT2D eigenvalue weighted by atomic mass is 10.0. The highest BCUT2D eigenvalue weighted by Gasteiger charge is 2.37. The Morgan fingerprint density at radius 3 is 2.81 bits per heavy atom. The first-order chi connectivity index (χ1) is 12.9. The summed E-state index contributed by atoms with van der Waals surface area (Å²) in [5.74, 6) is 1.43. The van der Waals surface area contributed by atoms with E-state index in [2.05, 4.69) is 34.2 Å². The lowest BCUT2D eigenvalue weighted by molar-refractivity contribution is -0.139. The second kappa shape index (κ2) is 8.82. The predicted molar refractivity (Wildman–Crippen MR) is 99.7 cm³/mol. The third-order valence-corrected chi connectivity index (χ3v) is 5.43. The zero-order valence-corrected chi connectivity index (χ0v) is 16.6. The maximum Gasteiger partial charge on any atom is 0.246 e. The van der Waals surface area contributed by atoms with Gasteiger partial charge in [-0.2, -0.15) is 4.98 Å². The summed E-state index contributed by atoms with van der Waals surface area (Å²) in [5, 5.41) is 6.87. The van der Waals surface area contributed by atoms with E-state index in [-0.39, 0.29) is 30.8 Å². The molecule has 3 rings (SSSR count). The van der Waals surface area contributed by atoms with Gasteiger partial charge in [-0.15, -0.1) is 0 Å². The summed E-state index contributed by atoms with van der Waals surface area (Å²) in [6.45, 7) is 5.94. The smallest absolute Gasteiger partial charge is 0.246 e. The Balaban J connectivity index is 1.58. The second-order valence-corrected chi connectivity index (χ2v) is 8.14. The molecule has 8 nitrogen and oxygen atoms in total. The van der Waals surface area contributed by atoms with Crippen molar-refractivity contribution in [1.82, 2.24) is 25.3 Å². The molecule has 1 unspecified atom stereocenters. The molecular weight excluding hydrogens is 346 g/mol. The fraction of sp³-hybridized carbons (Fsp3) is 0.789. The lowest BCUT2D eigenvalue weighted by Gasteiger charge is -2.39. The zero-order chi connectivity index (χ0) is 19.4. The van der Waals surface area contributed by atoms with Gasteiger partial charge in [0.1, 0.15) is 0 Å². The van der Waals surface area contributed by atoms with Crippen LogP contribution in [0.15, 0.2) is 4.52 Å². The zero-order valence-electron chi connectivity index (χ0n) is 16.6. The van der Waals surface area contributed by atoms with Crippen LogP contribution in [0.3, 0.4) is 0 Å². The first-order valence-corrected chi connectivity index (χ1v) is 10.0. The van der Waals surface area contributed by atoms with Crippen LogP contribution in [0.4, 0.5) is 0 Å². The van der Waals surface area contributed by atoms with Crippen molar-refractivity contribution in [1.29, 1.82) is 0 Å². The van der Waals surface area contributed by atoms with Gasteiger partial charge in [-0.05, 0) is 18.8 Å². The van der Waals surface area contributed by atoms with E-state index in [1.807, 2.05) is 0 Å². The molecule has 8 heteroatoms. The fourth-order valence-electron chi connectivity index (χ4n) is 4.03.